The number of hydrogen-bond acceptors (Lipinski definition) is 5. The Morgan fingerprint density at radius 1 is 1.62 bits per heavy atom. The minimum Gasteiger partial charge on any atom is -0.480 e. The molecule has 21 heavy (non-hydrogen) atoms. The molecule has 2 aromatic heterocycles. The molecule has 10 heteroatoms. The number of rotatable bonds is 6. The van der Waals surface area contributed by atoms with Crippen LogP contribution in [0.25, 0.3) is 0 Å². The highest BCUT2D eigenvalue weighted by molar-refractivity contribution is 7.91. The van der Waals surface area contributed by atoms with Gasteiger partial charge in [0.25, 0.3) is 10.0 Å². The van der Waals surface area contributed by atoms with Crippen LogP contribution < -0.4 is 4.72 Å². The summed E-state index contributed by atoms with van der Waals surface area (Å²) in [6, 6.07) is 0.112. The maximum Gasteiger partial charge on any atom is 0.322 e. The van der Waals surface area contributed by atoms with Gasteiger partial charge in [-0.25, -0.2) is 13.4 Å². The molecule has 0 spiro atoms. The molecule has 2 aromatic rings. The first-order chi connectivity index (χ1) is 9.79. The van der Waals surface area contributed by atoms with Crippen LogP contribution in [0.4, 0.5) is 0 Å². The van der Waals surface area contributed by atoms with Crippen LogP contribution in [0.5, 0.6) is 0 Å². The van der Waals surface area contributed by atoms with Crippen molar-refractivity contribution in [3.05, 3.63) is 34.2 Å². The Morgan fingerprint density at radius 3 is 2.81 bits per heavy atom. The monoisotopic (exact) mass is 349 g/mol. The summed E-state index contributed by atoms with van der Waals surface area (Å²) in [6.45, 7) is 1.68. The average Bonchev–Trinajstić information content (AvgIpc) is 3.00. The number of hydrogen-bond donors (Lipinski definition) is 3. The summed E-state index contributed by atoms with van der Waals surface area (Å²) in [4.78, 5) is 17.7. The topological polar surface area (TPSA) is 112 Å². The van der Waals surface area contributed by atoms with Crippen molar-refractivity contribution >= 4 is 38.9 Å². The van der Waals surface area contributed by atoms with E-state index < -0.39 is 22.0 Å². The Bertz CT molecular complexity index is 720. The number of nitrogens with one attached hydrogen (secondary N) is 2. The highest BCUT2D eigenvalue weighted by Gasteiger charge is 2.27. The number of aromatic amines is 1. The van der Waals surface area contributed by atoms with E-state index in [1.54, 1.807) is 6.92 Å². The van der Waals surface area contributed by atoms with Gasteiger partial charge in [-0.15, -0.1) is 11.3 Å². The molecule has 1 atom stereocenters. The molecule has 0 aromatic carbocycles. The first-order valence-corrected chi connectivity index (χ1v) is 8.45. The molecule has 2 heterocycles. The summed E-state index contributed by atoms with van der Waals surface area (Å²) in [7, 11) is -3.94. The average molecular weight is 350 g/mol. The van der Waals surface area contributed by atoms with Gasteiger partial charge in [-0.05, 0) is 18.6 Å². The molecule has 2 rings (SSSR count). The maximum atomic E-state index is 12.2. The summed E-state index contributed by atoms with van der Waals surface area (Å²) in [5, 5.41) is 9.16. The van der Waals surface area contributed by atoms with Gasteiger partial charge >= 0.3 is 5.97 Å². The molecule has 0 saturated heterocycles. The van der Waals surface area contributed by atoms with E-state index in [0.29, 0.717) is 15.6 Å². The number of H-pyrrole nitrogens is 1. The first-order valence-electron chi connectivity index (χ1n) is 5.78. The van der Waals surface area contributed by atoms with Crippen LogP contribution in [0.2, 0.25) is 4.34 Å². The standard InChI is InChI=1S/C11H12ClN3O4S2/c1-6-2-9(20-10(6)12)21(18,19)15-8(11(16)17)3-7-4-13-5-14-7/h2,4-5,8,15H,3H2,1H3,(H,13,14)(H,16,17)/t8-/m1/s1. The Morgan fingerprint density at radius 2 is 2.33 bits per heavy atom. The summed E-state index contributed by atoms with van der Waals surface area (Å²) >= 11 is 6.73. The van der Waals surface area contributed by atoms with Gasteiger partial charge in [0.05, 0.1) is 10.7 Å². The highest BCUT2D eigenvalue weighted by atomic mass is 35.5. The van der Waals surface area contributed by atoms with E-state index in [-0.39, 0.29) is 10.6 Å². The molecule has 7 nitrogen and oxygen atoms in total. The number of thiophene rings is 1. The zero-order valence-electron chi connectivity index (χ0n) is 10.8. The molecule has 0 fully saturated rings. The second-order valence-corrected chi connectivity index (χ2v) is 7.91. The minimum absolute atomic E-state index is 0.0131. The van der Waals surface area contributed by atoms with Crippen molar-refractivity contribution in [3.63, 3.8) is 0 Å². The fraction of sp³-hybridized carbons (Fsp3) is 0.273. The Kier molecular flexibility index (Phi) is 4.67. The molecule has 114 valence electrons. The molecule has 0 aliphatic heterocycles. The third kappa shape index (κ3) is 3.82. The van der Waals surface area contributed by atoms with Crippen molar-refractivity contribution in [1.82, 2.24) is 14.7 Å². The van der Waals surface area contributed by atoms with Gasteiger partial charge in [0, 0.05) is 18.3 Å². The number of carboxylic acid groups (broad SMARTS) is 1. The Hall–Kier alpha value is -1.42. The fourth-order valence-electron chi connectivity index (χ4n) is 1.61. The van der Waals surface area contributed by atoms with Crippen LogP contribution in [-0.2, 0) is 21.2 Å². The molecular formula is C11H12ClN3O4S2. The number of aromatic nitrogens is 2. The molecule has 0 aliphatic rings. The van der Waals surface area contributed by atoms with E-state index >= 15 is 0 Å². The van der Waals surface area contributed by atoms with E-state index in [1.165, 1.54) is 18.6 Å². The van der Waals surface area contributed by atoms with Crippen molar-refractivity contribution in [2.24, 2.45) is 0 Å². The van der Waals surface area contributed by atoms with Crippen LogP contribution in [0.15, 0.2) is 22.8 Å². The molecular weight excluding hydrogens is 338 g/mol. The van der Waals surface area contributed by atoms with Crippen LogP contribution in [-0.4, -0.2) is 35.5 Å². The molecule has 0 bridgehead atoms. The highest BCUT2D eigenvalue weighted by Crippen LogP contribution is 2.30. The largest absolute Gasteiger partial charge is 0.480 e. The van der Waals surface area contributed by atoms with Crippen LogP contribution >= 0.6 is 22.9 Å². The number of halogens is 1. The third-order valence-corrected chi connectivity index (χ3v) is 6.17. The van der Waals surface area contributed by atoms with Gasteiger partial charge in [-0.3, -0.25) is 4.79 Å². The van der Waals surface area contributed by atoms with E-state index in [4.69, 9.17) is 16.7 Å². The lowest BCUT2D eigenvalue weighted by molar-refractivity contribution is -0.138. The van der Waals surface area contributed by atoms with Crippen LogP contribution in [0, 0.1) is 6.92 Å². The van der Waals surface area contributed by atoms with Crippen molar-refractivity contribution in [1.29, 1.82) is 0 Å². The zero-order chi connectivity index (χ0) is 15.6. The van der Waals surface area contributed by atoms with Crippen molar-refractivity contribution in [3.8, 4) is 0 Å². The Balaban J connectivity index is 2.21. The first kappa shape index (κ1) is 16.0. The minimum atomic E-state index is -3.94. The van der Waals surface area contributed by atoms with Gasteiger partial charge in [0.1, 0.15) is 10.3 Å². The number of carbonyl (C=O) groups is 1. The number of carboxylic acids is 1. The van der Waals surface area contributed by atoms with E-state index in [1.807, 2.05) is 0 Å². The molecule has 0 saturated carbocycles. The number of sulfonamides is 1. The molecule has 0 aliphatic carbocycles. The van der Waals surface area contributed by atoms with Crippen molar-refractivity contribution in [2.45, 2.75) is 23.6 Å². The van der Waals surface area contributed by atoms with Crippen LogP contribution in [0.3, 0.4) is 0 Å². The molecule has 3 N–H and O–H groups in total. The lowest BCUT2D eigenvalue weighted by Gasteiger charge is -2.13. The van der Waals surface area contributed by atoms with Gasteiger partial charge < -0.3 is 10.1 Å². The van der Waals surface area contributed by atoms with Crippen LogP contribution in [0.1, 0.15) is 11.3 Å². The third-order valence-electron chi connectivity index (χ3n) is 2.67. The number of imidazole rings is 1. The second-order valence-electron chi connectivity index (χ2n) is 4.32. The van der Waals surface area contributed by atoms with Gasteiger partial charge in [0.2, 0.25) is 0 Å². The summed E-state index contributed by atoms with van der Waals surface area (Å²) in [6.07, 6.45) is 2.80. The van der Waals surface area contributed by atoms with Gasteiger partial charge in [0.15, 0.2) is 0 Å². The van der Waals surface area contributed by atoms with Crippen molar-refractivity contribution < 1.29 is 18.3 Å². The number of aryl methyl sites for hydroxylation is 1. The predicted molar refractivity (Wildman–Crippen MR) is 78.1 cm³/mol. The van der Waals surface area contributed by atoms with Crippen molar-refractivity contribution in [2.75, 3.05) is 0 Å². The molecule has 0 amide bonds. The quantitative estimate of drug-likeness (QED) is 0.729. The summed E-state index contributed by atoms with van der Waals surface area (Å²) in [5.74, 6) is -1.27. The van der Waals surface area contributed by atoms with Gasteiger partial charge in [-0.1, -0.05) is 11.6 Å². The van der Waals surface area contributed by atoms with Gasteiger partial charge in [-0.2, -0.15) is 4.72 Å². The lowest BCUT2D eigenvalue weighted by atomic mass is 10.2. The number of nitrogens with zero attached hydrogens (tertiary/aromatic N) is 1. The van der Waals surface area contributed by atoms with E-state index in [2.05, 4.69) is 14.7 Å². The summed E-state index contributed by atoms with van der Waals surface area (Å²) < 4.78 is 26.9. The Labute approximate surface area is 130 Å². The fourth-order valence-corrected chi connectivity index (χ4v) is 4.52. The smallest absolute Gasteiger partial charge is 0.322 e. The predicted octanol–water partition coefficient (Wildman–Crippen LogP) is 1.41. The lowest BCUT2D eigenvalue weighted by Crippen LogP contribution is -2.42. The second kappa shape index (κ2) is 6.14. The van der Waals surface area contributed by atoms with E-state index in [9.17, 15) is 13.2 Å². The molecule has 0 radical (unpaired) electrons. The zero-order valence-corrected chi connectivity index (χ0v) is 13.2. The van der Waals surface area contributed by atoms with E-state index in [0.717, 1.165) is 11.3 Å². The maximum absolute atomic E-state index is 12.2. The normalized spacial score (nSPS) is 13.2. The molecule has 0 unspecified atom stereocenters. The summed E-state index contributed by atoms with van der Waals surface area (Å²) in [5.41, 5.74) is 1.15. The SMILES string of the molecule is Cc1cc(S(=O)(=O)N[C@H](Cc2cnc[nH]2)C(=O)O)sc1Cl. The number of aliphatic carboxylic acids is 1.